The summed E-state index contributed by atoms with van der Waals surface area (Å²) < 4.78 is 26.3. The van der Waals surface area contributed by atoms with Crippen LogP contribution >= 0.6 is 11.6 Å². The van der Waals surface area contributed by atoms with Gasteiger partial charge in [0.2, 0.25) is 0 Å². The van der Waals surface area contributed by atoms with Crippen LogP contribution in [0.2, 0.25) is 5.15 Å². The van der Waals surface area contributed by atoms with Gasteiger partial charge in [-0.15, -0.1) is 0 Å². The number of benzene rings is 1. The third-order valence-corrected chi connectivity index (χ3v) is 2.58. The van der Waals surface area contributed by atoms with Crippen LogP contribution < -0.4 is 0 Å². The summed E-state index contributed by atoms with van der Waals surface area (Å²) in [6, 6.07) is 3.63. The molecular weight excluding hydrogens is 220 g/mol. The van der Waals surface area contributed by atoms with Crippen molar-refractivity contribution in [3.05, 3.63) is 40.6 Å². The van der Waals surface area contributed by atoms with E-state index in [0.29, 0.717) is 17.0 Å². The molecule has 1 aromatic carbocycles. The molecule has 0 saturated heterocycles. The lowest BCUT2D eigenvalue weighted by atomic mass is 10.1. The normalized spacial score (nSPS) is 10.9. The second kappa shape index (κ2) is 3.74. The van der Waals surface area contributed by atoms with Crippen LogP contribution in [0.25, 0.3) is 10.9 Å². The monoisotopic (exact) mass is 227 g/mol. The molecule has 1 nitrogen and oxygen atoms in total. The van der Waals surface area contributed by atoms with Gasteiger partial charge in [-0.1, -0.05) is 18.5 Å². The van der Waals surface area contributed by atoms with E-state index in [9.17, 15) is 8.78 Å². The zero-order chi connectivity index (χ0) is 11.0. The molecule has 0 aliphatic carbocycles. The lowest BCUT2D eigenvalue weighted by molar-refractivity contribution is 0.591. The van der Waals surface area contributed by atoms with Crippen molar-refractivity contribution in [2.24, 2.45) is 0 Å². The summed E-state index contributed by atoms with van der Waals surface area (Å²) >= 11 is 5.85. The summed E-state index contributed by atoms with van der Waals surface area (Å²) in [6.07, 6.45) is 0.665. The summed E-state index contributed by atoms with van der Waals surface area (Å²) in [5.74, 6) is -1.25. The van der Waals surface area contributed by atoms with Crippen molar-refractivity contribution in [1.82, 2.24) is 4.98 Å². The van der Waals surface area contributed by atoms with Crippen molar-refractivity contribution >= 4 is 22.5 Å². The molecule has 1 aromatic heterocycles. The number of halogens is 3. The van der Waals surface area contributed by atoms with E-state index >= 15 is 0 Å². The predicted molar refractivity (Wildman–Crippen MR) is 56.0 cm³/mol. The smallest absolute Gasteiger partial charge is 0.135 e. The van der Waals surface area contributed by atoms with Gasteiger partial charge in [0, 0.05) is 17.5 Å². The summed E-state index contributed by atoms with van der Waals surface area (Å²) in [4.78, 5) is 3.95. The van der Waals surface area contributed by atoms with Crippen LogP contribution in [0, 0.1) is 11.6 Å². The number of hydrogen-bond acceptors (Lipinski definition) is 1. The van der Waals surface area contributed by atoms with Gasteiger partial charge in [-0.3, -0.25) is 0 Å². The van der Waals surface area contributed by atoms with E-state index in [1.807, 2.05) is 6.92 Å². The molecule has 0 saturated carbocycles. The van der Waals surface area contributed by atoms with Gasteiger partial charge in [0.05, 0.1) is 5.52 Å². The van der Waals surface area contributed by atoms with Gasteiger partial charge in [-0.2, -0.15) is 0 Å². The van der Waals surface area contributed by atoms with Gasteiger partial charge in [0.1, 0.15) is 16.8 Å². The molecule has 1 heterocycles. The molecule has 0 radical (unpaired) electrons. The molecular formula is C11H8ClF2N. The van der Waals surface area contributed by atoms with Crippen molar-refractivity contribution in [1.29, 1.82) is 0 Å². The summed E-state index contributed by atoms with van der Waals surface area (Å²) in [6.45, 7) is 1.90. The minimum atomic E-state index is -0.646. The van der Waals surface area contributed by atoms with E-state index in [1.54, 1.807) is 6.07 Å². The van der Waals surface area contributed by atoms with Crippen LogP contribution in [0.5, 0.6) is 0 Å². The minimum Gasteiger partial charge on any atom is -0.236 e. The Morgan fingerprint density at radius 1 is 1.27 bits per heavy atom. The highest BCUT2D eigenvalue weighted by molar-refractivity contribution is 6.30. The van der Waals surface area contributed by atoms with Crippen LogP contribution in [0.4, 0.5) is 8.78 Å². The standard InChI is InChI=1S/C11H8ClF2N/c1-2-6-3-8-9(14)4-7(13)5-10(8)15-11(6)12/h3-5H,2H2,1H3. The topological polar surface area (TPSA) is 12.9 Å². The molecule has 0 amide bonds. The highest BCUT2D eigenvalue weighted by atomic mass is 35.5. The fraction of sp³-hybridized carbons (Fsp3) is 0.182. The first-order valence-electron chi connectivity index (χ1n) is 4.56. The Hall–Kier alpha value is -1.22. The fourth-order valence-corrected chi connectivity index (χ4v) is 1.75. The van der Waals surface area contributed by atoms with Crippen molar-refractivity contribution < 1.29 is 8.78 Å². The minimum absolute atomic E-state index is 0.245. The van der Waals surface area contributed by atoms with Crippen LogP contribution in [0.3, 0.4) is 0 Å². The molecule has 0 aliphatic rings. The molecule has 15 heavy (non-hydrogen) atoms. The number of aryl methyl sites for hydroxylation is 1. The maximum atomic E-state index is 13.4. The van der Waals surface area contributed by atoms with E-state index in [1.165, 1.54) is 6.07 Å². The Labute approximate surface area is 90.7 Å². The Morgan fingerprint density at radius 2 is 2.00 bits per heavy atom. The van der Waals surface area contributed by atoms with E-state index in [-0.39, 0.29) is 5.52 Å². The number of hydrogen-bond donors (Lipinski definition) is 0. The van der Waals surface area contributed by atoms with Gasteiger partial charge >= 0.3 is 0 Å². The second-order valence-electron chi connectivity index (χ2n) is 3.25. The predicted octanol–water partition coefficient (Wildman–Crippen LogP) is 3.73. The highest BCUT2D eigenvalue weighted by Crippen LogP contribution is 2.23. The van der Waals surface area contributed by atoms with Gasteiger partial charge in [0.15, 0.2) is 0 Å². The highest BCUT2D eigenvalue weighted by Gasteiger charge is 2.08. The van der Waals surface area contributed by atoms with Crippen LogP contribution in [0.1, 0.15) is 12.5 Å². The number of rotatable bonds is 1. The maximum absolute atomic E-state index is 13.4. The first-order chi connectivity index (χ1) is 7.11. The average molecular weight is 228 g/mol. The lowest BCUT2D eigenvalue weighted by Gasteiger charge is -2.04. The maximum Gasteiger partial charge on any atom is 0.135 e. The Balaban J connectivity index is 2.81. The number of pyridine rings is 1. The molecule has 0 aliphatic heterocycles. The zero-order valence-corrected chi connectivity index (χ0v) is 8.78. The van der Waals surface area contributed by atoms with Crippen LogP contribution in [0.15, 0.2) is 18.2 Å². The third-order valence-electron chi connectivity index (χ3n) is 2.26. The van der Waals surface area contributed by atoms with Gasteiger partial charge in [-0.25, -0.2) is 13.8 Å². The molecule has 0 N–H and O–H groups in total. The molecule has 2 aromatic rings. The molecule has 0 fully saturated rings. The quantitative estimate of drug-likeness (QED) is 0.677. The Morgan fingerprint density at radius 3 is 2.67 bits per heavy atom. The van der Waals surface area contributed by atoms with Gasteiger partial charge in [-0.05, 0) is 18.1 Å². The molecule has 0 unspecified atom stereocenters. The average Bonchev–Trinajstić information content (AvgIpc) is 2.16. The number of fused-ring (bicyclic) bond motifs is 1. The van der Waals surface area contributed by atoms with E-state index in [4.69, 9.17) is 11.6 Å². The number of nitrogens with zero attached hydrogens (tertiary/aromatic N) is 1. The summed E-state index contributed by atoms with van der Waals surface area (Å²) in [7, 11) is 0. The van der Waals surface area contributed by atoms with E-state index in [2.05, 4.69) is 4.98 Å². The summed E-state index contributed by atoms with van der Waals surface area (Å²) in [5, 5.41) is 0.604. The largest absolute Gasteiger partial charge is 0.236 e. The van der Waals surface area contributed by atoms with Crippen molar-refractivity contribution in [3.8, 4) is 0 Å². The third kappa shape index (κ3) is 1.79. The van der Waals surface area contributed by atoms with E-state index < -0.39 is 11.6 Å². The Kier molecular flexibility index (Phi) is 2.57. The van der Waals surface area contributed by atoms with Crippen LogP contribution in [-0.4, -0.2) is 4.98 Å². The van der Waals surface area contributed by atoms with Gasteiger partial charge in [0.25, 0.3) is 0 Å². The first-order valence-corrected chi connectivity index (χ1v) is 4.93. The van der Waals surface area contributed by atoms with Crippen molar-refractivity contribution in [2.75, 3.05) is 0 Å². The molecule has 4 heteroatoms. The summed E-state index contributed by atoms with van der Waals surface area (Å²) in [5.41, 5.74) is 1.00. The van der Waals surface area contributed by atoms with Crippen molar-refractivity contribution in [3.63, 3.8) is 0 Å². The Bertz CT molecular complexity index is 525. The number of aromatic nitrogens is 1. The fourth-order valence-electron chi connectivity index (χ4n) is 1.47. The molecule has 2 rings (SSSR count). The lowest BCUT2D eigenvalue weighted by Crippen LogP contribution is -1.92. The SMILES string of the molecule is CCc1cc2c(F)cc(F)cc2nc1Cl. The zero-order valence-electron chi connectivity index (χ0n) is 8.02. The van der Waals surface area contributed by atoms with E-state index in [0.717, 1.165) is 11.6 Å². The molecule has 0 atom stereocenters. The molecule has 0 spiro atoms. The van der Waals surface area contributed by atoms with Gasteiger partial charge < -0.3 is 0 Å². The second-order valence-corrected chi connectivity index (χ2v) is 3.60. The molecule has 0 bridgehead atoms. The van der Waals surface area contributed by atoms with Crippen molar-refractivity contribution in [2.45, 2.75) is 13.3 Å². The van der Waals surface area contributed by atoms with Crippen LogP contribution in [-0.2, 0) is 6.42 Å². The molecule has 78 valence electrons. The first kappa shape index (κ1) is 10.3.